The minimum Gasteiger partial charge on any atom is -0.494 e. The molecule has 0 bridgehead atoms. The van der Waals surface area contributed by atoms with Gasteiger partial charge in [-0.15, -0.1) is 0 Å². The van der Waals surface area contributed by atoms with E-state index in [9.17, 15) is 4.79 Å². The maximum atomic E-state index is 13.1. The van der Waals surface area contributed by atoms with Gasteiger partial charge in [-0.3, -0.25) is 4.79 Å². The van der Waals surface area contributed by atoms with Crippen LogP contribution in [-0.4, -0.2) is 19.1 Å². The summed E-state index contributed by atoms with van der Waals surface area (Å²) in [5.74, 6) is 1.28. The van der Waals surface area contributed by atoms with Crippen molar-refractivity contribution in [2.24, 2.45) is 0 Å². The Kier molecular flexibility index (Phi) is 7.45. The molecule has 1 amide bonds. The average molecular weight is 400 g/mol. The Morgan fingerprint density at radius 2 is 1.53 bits per heavy atom. The zero-order chi connectivity index (χ0) is 21.2. The van der Waals surface area contributed by atoms with E-state index < -0.39 is 0 Å². The number of anilines is 1. The molecule has 0 aliphatic carbocycles. The van der Waals surface area contributed by atoms with E-state index in [1.54, 1.807) is 29.2 Å². The Hall–Kier alpha value is -3.78. The summed E-state index contributed by atoms with van der Waals surface area (Å²) in [6.45, 7) is 3.28. The van der Waals surface area contributed by atoms with Gasteiger partial charge in [0.25, 0.3) is 5.91 Å². The van der Waals surface area contributed by atoms with Crippen molar-refractivity contribution < 1.29 is 14.3 Å². The van der Waals surface area contributed by atoms with E-state index in [-0.39, 0.29) is 12.3 Å². The lowest BCUT2D eigenvalue weighted by Gasteiger charge is -2.22. The van der Waals surface area contributed by atoms with E-state index in [4.69, 9.17) is 14.7 Å². The first-order chi connectivity index (χ1) is 14.7. The van der Waals surface area contributed by atoms with Crippen molar-refractivity contribution in [1.82, 2.24) is 0 Å². The summed E-state index contributed by atoms with van der Waals surface area (Å²) in [5.41, 5.74) is 2.34. The molecule has 5 heteroatoms. The molecule has 0 unspecified atom stereocenters. The fourth-order valence-corrected chi connectivity index (χ4v) is 2.99. The number of amides is 1. The molecule has 3 rings (SSSR count). The van der Waals surface area contributed by atoms with Gasteiger partial charge < -0.3 is 14.4 Å². The lowest BCUT2D eigenvalue weighted by atomic mass is 10.1. The Bertz CT molecular complexity index is 978. The zero-order valence-corrected chi connectivity index (χ0v) is 17.0. The van der Waals surface area contributed by atoms with Gasteiger partial charge in [0.05, 0.1) is 19.1 Å². The average Bonchev–Trinajstić information content (AvgIpc) is 2.80. The second kappa shape index (κ2) is 10.7. The van der Waals surface area contributed by atoms with E-state index in [0.29, 0.717) is 31.1 Å². The van der Waals surface area contributed by atoms with Gasteiger partial charge in [-0.25, -0.2) is 0 Å². The lowest BCUT2D eigenvalue weighted by molar-refractivity contribution is 0.0987. The third-order valence-corrected chi connectivity index (χ3v) is 4.50. The maximum Gasteiger partial charge on any atom is 0.258 e. The SMILES string of the molecule is CCOc1ccc(N(CCC#N)C(=O)c2ccc(OCc3ccccc3)cc2)cc1. The Balaban J connectivity index is 1.71. The first-order valence-electron chi connectivity index (χ1n) is 9.89. The second-order valence-electron chi connectivity index (χ2n) is 6.59. The molecule has 3 aromatic carbocycles. The van der Waals surface area contributed by atoms with Gasteiger partial charge in [0, 0.05) is 17.8 Å². The van der Waals surface area contributed by atoms with Crippen molar-refractivity contribution in [3.63, 3.8) is 0 Å². The Labute approximate surface area is 177 Å². The van der Waals surface area contributed by atoms with Crippen molar-refractivity contribution in [1.29, 1.82) is 5.26 Å². The van der Waals surface area contributed by atoms with Crippen LogP contribution in [0.1, 0.15) is 29.3 Å². The molecule has 0 radical (unpaired) electrons. The predicted molar refractivity (Wildman–Crippen MR) is 117 cm³/mol. The van der Waals surface area contributed by atoms with Crippen LogP contribution in [0, 0.1) is 11.3 Å². The molecule has 30 heavy (non-hydrogen) atoms. The van der Waals surface area contributed by atoms with Crippen LogP contribution in [0.2, 0.25) is 0 Å². The van der Waals surface area contributed by atoms with E-state index in [2.05, 4.69) is 6.07 Å². The smallest absolute Gasteiger partial charge is 0.258 e. The van der Waals surface area contributed by atoms with Gasteiger partial charge in [-0.1, -0.05) is 30.3 Å². The molecule has 152 valence electrons. The highest BCUT2D eigenvalue weighted by atomic mass is 16.5. The fraction of sp³-hybridized carbons (Fsp3) is 0.200. The predicted octanol–water partition coefficient (Wildman–Crippen LogP) is 5.22. The number of hydrogen-bond donors (Lipinski definition) is 0. The van der Waals surface area contributed by atoms with Gasteiger partial charge in [0.2, 0.25) is 0 Å². The molecule has 0 spiro atoms. The summed E-state index contributed by atoms with van der Waals surface area (Å²) in [6.07, 6.45) is 0.247. The Morgan fingerprint density at radius 1 is 0.900 bits per heavy atom. The van der Waals surface area contributed by atoms with Crippen molar-refractivity contribution >= 4 is 11.6 Å². The normalized spacial score (nSPS) is 10.1. The maximum absolute atomic E-state index is 13.1. The number of carbonyl (C=O) groups is 1. The number of hydrogen-bond acceptors (Lipinski definition) is 4. The zero-order valence-electron chi connectivity index (χ0n) is 17.0. The van der Waals surface area contributed by atoms with Crippen molar-refractivity contribution in [2.45, 2.75) is 20.0 Å². The summed E-state index contributed by atoms with van der Waals surface area (Å²) in [5, 5.41) is 8.99. The molecule has 3 aromatic rings. The number of nitriles is 1. The van der Waals surface area contributed by atoms with Crippen LogP contribution in [0.5, 0.6) is 11.5 Å². The number of rotatable bonds is 9. The molecule has 0 aliphatic heterocycles. The van der Waals surface area contributed by atoms with Crippen LogP contribution in [0.15, 0.2) is 78.9 Å². The highest BCUT2D eigenvalue weighted by molar-refractivity contribution is 6.06. The van der Waals surface area contributed by atoms with E-state index in [0.717, 1.165) is 17.0 Å². The van der Waals surface area contributed by atoms with Gasteiger partial charge in [0.15, 0.2) is 0 Å². The van der Waals surface area contributed by atoms with Crippen molar-refractivity contribution in [3.05, 3.63) is 90.0 Å². The van der Waals surface area contributed by atoms with Crippen LogP contribution < -0.4 is 14.4 Å². The third-order valence-electron chi connectivity index (χ3n) is 4.50. The van der Waals surface area contributed by atoms with Gasteiger partial charge in [-0.05, 0) is 61.0 Å². The van der Waals surface area contributed by atoms with E-state index >= 15 is 0 Å². The molecule has 0 saturated heterocycles. The number of benzene rings is 3. The number of ether oxygens (including phenoxy) is 2. The summed E-state index contributed by atoms with van der Waals surface area (Å²) >= 11 is 0. The molecule has 0 saturated carbocycles. The molecule has 0 atom stereocenters. The molecule has 0 fully saturated rings. The highest BCUT2D eigenvalue weighted by Gasteiger charge is 2.18. The van der Waals surface area contributed by atoms with Crippen molar-refractivity contribution in [3.8, 4) is 17.6 Å². The van der Waals surface area contributed by atoms with Gasteiger partial charge in [0.1, 0.15) is 18.1 Å². The second-order valence-corrected chi connectivity index (χ2v) is 6.59. The van der Waals surface area contributed by atoms with Crippen LogP contribution >= 0.6 is 0 Å². The van der Waals surface area contributed by atoms with Crippen LogP contribution in [0.25, 0.3) is 0 Å². The summed E-state index contributed by atoms with van der Waals surface area (Å²) in [7, 11) is 0. The fourth-order valence-electron chi connectivity index (χ4n) is 2.99. The quantitative estimate of drug-likeness (QED) is 0.494. The minimum absolute atomic E-state index is 0.163. The highest BCUT2D eigenvalue weighted by Crippen LogP contribution is 2.23. The van der Waals surface area contributed by atoms with Crippen LogP contribution in [0.3, 0.4) is 0 Å². The summed E-state index contributed by atoms with van der Waals surface area (Å²) in [6, 6.07) is 26.4. The monoisotopic (exact) mass is 400 g/mol. The lowest BCUT2D eigenvalue weighted by Crippen LogP contribution is -2.31. The standard InChI is InChI=1S/C25H24N2O3/c1-2-29-23-15-11-22(12-16-23)27(18-6-17-26)25(28)21-9-13-24(14-10-21)30-19-20-7-4-3-5-8-20/h3-5,7-16H,2,6,18-19H2,1H3. The largest absolute Gasteiger partial charge is 0.494 e. The third kappa shape index (κ3) is 5.62. The molecule has 0 aliphatic rings. The minimum atomic E-state index is -0.163. The van der Waals surface area contributed by atoms with Crippen LogP contribution in [0.4, 0.5) is 5.69 Å². The summed E-state index contributed by atoms with van der Waals surface area (Å²) < 4.78 is 11.3. The van der Waals surface area contributed by atoms with Crippen LogP contribution in [-0.2, 0) is 6.61 Å². The first-order valence-corrected chi connectivity index (χ1v) is 9.89. The topological polar surface area (TPSA) is 62.6 Å². The molecule has 5 nitrogen and oxygen atoms in total. The van der Waals surface area contributed by atoms with Crippen molar-refractivity contribution in [2.75, 3.05) is 18.1 Å². The summed E-state index contributed by atoms with van der Waals surface area (Å²) in [4.78, 5) is 14.7. The first kappa shape index (κ1) is 20.9. The number of carbonyl (C=O) groups excluding carboxylic acids is 1. The molecule has 0 N–H and O–H groups in total. The van der Waals surface area contributed by atoms with E-state index in [1.807, 2.05) is 61.5 Å². The number of nitrogens with zero attached hydrogens (tertiary/aromatic N) is 2. The van der Waals surface area contributed by atoms with E-state index in [1.165, 1.54) is 0 Å². The van der Waals surface area contributed by atoms with Gasteiger partial charge >= 0.3 is 0 Å². The molecule has 0 aromatic heterocycles. The molecular formula is C25H24N2O3. The Morgan fingerprint density at radius 3 is 2.17 bits per heavy atom. The molecular weight excluding hydrogens is 376 g/mol. The molecule has 0 heterocycles. The van der Waals surface area contributed by atoms with Gasteiger partial charge in [-0.2, -0.15) is 5.26 Å².